The molecule has 4 rings (SSSR count). The van der Waals surface area contributed by atoms with Crippen LogP contribution >= 0.6 is 0 Å². The maximum atomic E-state index is 12.5. The fraction of sp³-hybridized carbons (Fsp3) is 0.333. The van der Waals surface area contributed by atoms with E-state index < -0.39 is 0 Å². The van der Waals surface area contributed by atoms with Gasteiger partial charge in [-0.1, -0.05) is 23.3 Å². The molecule has 3 heterocycles. The molecule has 3 aromatic rings. The second-order valence-corrected chi connectivity index (χ2v) is 6.49. The van der Waals surface area contributed by atoms with Gasteiger partial charge >= 0.3 is 0 Å². The van der Waals surface area contributed by atoms with E-state index in [4.69, 9.17) is 0 Å². The average Bonchev–Trinajstić information content (AvgIpc) is 3.24. The number of anilines is 2. The van der Waals surface area contributed by atoms with Gasteiger partial charge in [0.25, 0.3) is 0 Å². The summed E-state index contributed by atoms with van der Waals surface area (Å²) in [6.45, 7) is 4.80. The molecule has 0 radical (unpaired) electrons. The third-order valence-electron chi connectivity index (χ3n) is 4.78. The molecule has 0 unspecified atom stereocenters. The number of nitrogens with one attached hydrogen (secondary N) is 1. The number of amides is 1. The molecule has 0 spiro atoms. The van der Waals surface area contributed by atoms with E-state index in [-0.39, 0.29) is 11.9 Å². The molecule has 1 N–H and O–H groups in total. The van der Waals surface area contributed by atoms with Crippen molar-refractivity contribution in [3.05, 3.63) is 48.8 Å². The van der Waals surface area contributed by atoms with Gasteiger partial charge in [-0.15, -0.1) is 0 Å². The first-order valence-electron chi connectivity index (χ1n) is 9.13. The first-order valence-corrected chi connectivity index (χ1v) is 9.13. The topological polar surface area (TPSA) is 105 Å². The highest BCUT2D eigenvalue weighted by Gasteiger charge is 2.28. The number of hydrogen-bond donors (Lipinski definition) is 1. The van der Waals surface area contributed by atoms with E-state index in [1.165, 1.54) is 0 Å². The number of para-hydroxylation sites is 1. The SMILES string of the molecule is C[C@@H](C(=O)Nc1ncccn1)N1CCN(c2nnnn2-c2ccccc2)CC1. The van der Waals surface area contributed by atoms with Crippen LogP contribution < -0.4 is 10.2 Å². The minimum atomic E-state index is -0.281. The first-order chi connectivity index (χ1) is 13.7. The molecule has 1 aliphatic heterocycles. The molecular formula is C18H21N9O. The zero-order chi connectivity index (χ0) is 19.3. The van der Waals surface area contributed by atoms with E-state index in [9.17, 15) is 4.79 Å². The highest BCUT2D eigenvalue weighted by Crippen LogP contribution is 2.18. The van der Waals surface area contributed by atoms with Gasteiger partial charge in [-0.05, 0) is 35.5 Å². The third kappa shape index (κ3) is 3.81. The normalized spacial score (nSPS) is 16.0. The maximum Gasteiger partial charge on any atom is 0.250 e. The number of benzene rings is 1. The third-order valence-corrected chi connectivity index (χ3v) is 4.78. The Hall–Kier alpha value is -3.40. The number of hydrogen-bond acceptors (Lipinski definition) is 8. The van der Waals surface area contributed by atoms with Gasteiger partial charge in [-0.3, -0.25) is 15.0 Å². The highest BCUT2D eigenvalue weighted by molar-refractivity contribution is 5.93. The van der Waals surface area contributed by atoms with Crippen molar-refractivity contribution in [2.24, 2.45) is 0 Å². The average molecular weight is 379 g/mol. The number of carbonyl (C=O) groups is 1. The highest BCUT2D eigenvalue weighted by atomic mass is 16.2. The van der Waals surface area contributed by atoms with Gasteiger partial charge in [-0.25, -0.2) is 9.97 Å². The van der Waals surface area contributed by atoms with Crippen molar-refractivity contribution in [2.45, 2.75) is 13.0 Å². The standard InChI is InChI=1S/C18H21N9O/c1-14(16(28)21-17-19-8-5-9-20-17)25-10-12-26(13-11-25)18-22-23-24-27(18)15-6-3-2-4-7-15/h2-9,14H,10-13H2,1H3,(H,19,20,21,28)/t14-/m0/s1. The van der Waals surface area contributed by atoms with E-state index in [2.05, 4.69) is 40.6 Å². The summed E-state index contributed by atoms with van der Waals surface area (Å²) in [6, 6.07) is 11.2. The molecule has 1 amide bonds. The lowest BCUT2D eigenvalue weighted by Gasteiger charge is -2.37. The lowest BCUT2D eigenvalue weighted by molar-refractivity contribution is -0.120. The van der Waals surface area contributed by atoms with Crippen LogP contribution in [0.5, 0.6) is 0 Å². The van der Waals surface area contributed by atoms with Gasteiger partial charge in [-0.2, -0.15) is 4.68 Å². The van der Waals surface area contributed by atoms with E-state index in [0.717, 1.165) is 31.9 Å². The molecule has 1 saturated heterocycles. The molecule has 1 fully saturated rings. The van der Waals surface area contributed by atoms with Crippen molar-refractivity contribution >= 4 is 17.8 Å². The molecule has 2 aromatic heterocycles. The number of aromatic nitrogens is 6. The summed E-state index contributed by atoms with van der Waals surface area (Å²) in [7, 11) is 0. The largest absolute Gasteiger partial charge is 0.337 e. The summed E-state index contributed by atoms with van der Waals surface area (Å²) in [4.78, 5) is 24.8. The Labute approximate surface area is 162 Å². The number of tetrazole rings is 1. The first kappa shape index (κ1) is 18.0. The van der Waals surface area contributed by atoms with Crippen molar-refractivity contribution in [1.29, 1.82) is 0 Å². The van der Waals surface area contributed by atoms with Gasteiger partial charge in [0, 0.05) is 38.6 Å². The van der Waals surface area contributed by atoms with Crippen molar-refractivity contribution < 1.29 is 4.79 Å². The van der Waals surface area contributed by atoms with E-state index in [0.29, 0.717) is 11.9 Å². The molecule has 1 aromatic carbocycles. The van der Waals surface area contributed by atoms with Gasteiger partial charge in [0.2, 0.25) is 17.8 Å². The van der Waals surface area contributed by atoms with Gasteiger partial charge in [0.05, 0.1) is 11.7 Å². The van der Waals surface area contributed by atoms with Crippen LogP contribution in [0.25, 0.3) is 5.69 Å². The molecule has 28 heavy (non-hydrogen) atoms. The predicted octanol–water partition coefficient (Wildman–Crippen LogP) is 0.602. The molecule has 10 nitrogen and oxygen atoms in total. The molecular weight excluding hydrogens is 358 g/mol. The lowest BCUT2D eigenvalue weighted by Crippen LogP contribution is -2.53. The summed E-state index contributed by atoms with van der Waals surface area (Å²) in [6.07, 6.45) is 3.20. The fourth-order valence-corrected chi connectivity index (χ4v) is 3.17. The van der Waals surface area contributed by atoms with Crippen LogP contribution in [-0.2, 0) is 4.79 Å². The van der Waals surface area contributed by atoms with E-state index in [1.54, 1.807) is 23.1 Å². The predicted molar refractivity (Wildman–Crippen MR) is 103 cm³/mol. The van der Waals surface area contributed by atoms with Crippen LogP contribution in [0.15, 0.2) is 48.8 Å². The molecule has 10 heteroatoms. The van der Waals surface area contributed by atoms with Crippen LogP contribution in [0.2, 0.25) is 0 Å². The lowest BCUT2D eigenvalue weighted by atomic mass is 10.2. The molecule has 0 bridgehead atoms. The minimum absolute atomic E-state index is 0.117. The Morgan fingerprint density at radius 2 is 1.75 bits per heavy atom. The quantitative estimate of drug-likeness (QED) is 0.687. The van der Waals surface area contributed by atoms with Crippen LogP contribution in [0.1, 0.15) is 6.92 Å². The van der Waals surface area contributed by atoms with Gasteiger partial charge in [0.15, 0.2) is 0 Å². The van der Waals surface area contributed by atoms with Crippen molar-refractivity contribution in [3.63, 3.8) is 0 Å². The summed E-state index contributed by atoms with van der Waals surface area (Å²) in [5.41, 5.74) is 0.917. The molecule has 0 aliphatic carbocycles. The summed E-state index contributed by atoms with van der Waals surface area (Å²) < 4.78 is 1.73. The van der Waals surface area contributed by atoms with Crippen LogP contribution in [0, 0.1) is 0 Å². The molecule has 1 aliphatic rings. The summed E-state index contributed by atoms with van der Waals surface area (Å²) in [5.74, 6) is 0.912. The Balaban J connectivity index is 1.37. The fourth-order valence-electron chi connectivity index (χ4n) is 3.17. The van der Waals surface area contributed by atoms with E-state index in [1.807, 2.05) is 37.3 Å². The summed E-state index contributed by atoms with van der Waals surface area (Å²) in [5, 5.41) is 14.9. The smallest absolute Gasteiger partial charge is 0.250 e. The molecule has 144 valence electrons. The Bertz CT molecular complexity index is 907. The van der Waals surface area contributed by atoms with Crippen LogP contribution in [0.4, 0.5) is 11.9 Å². The van der Waals surface area contributed by atoms with Crippen molar-refractivity contribution in [3.8, 4) is 5.69 Å². The Morgan fingerprint density at radius 1 is 1.04 bits per heavy atom. The van der Waals surface area contributed by atoms with Gasteiger partial charge < -0.3 is 4.90 Å². The van der Waals surface area contributed by atoms with E-state index >= 15 is 0 Å². The second kappa shape index (κ2) is 8.09. The molecule has 1 atom stereocenters. The number of carbonyl (C=O) groups excluding carboxylic acids is 1. The Kier molecular flexibility index (Phi) is 5.20. The van der Waals surface area contributed by atoms with Crippen LogP contribution in [0.3, 0.4) is 0 Å². The minimum Gasteiger partial charge on any atom is -0.337 e. The zero-order valence-electron chi connectivity index (χ0n) is 15.5. The zero-order valence-corrected chi connectivity index (χ0v) is 15.5. The molecule has 0 saturated carbocycles. The van der Waals surface area contributed by atoms with Crippen molar-refractivity contribution in [1.82, 2.24) is 35.1 Å². The Morgan fingerprint density at radius 3 is 2.46 bits per heavy atom. The van der Waals surface area contributed by atoms with Gasteiger partial charge in [0.1, 0.15) is 0 Å². The number of rotatable bonds is 5. The monoisotopic (exact) mass is 379 g/mol. The number of piperazine rings is 1. The summed E-state index contributed by atoms with van der Waals surface area (Å²) >= 11 is 0. The number of nitrogens with zero attached hydrogens (tertiary/aromatic N) is 8. The maximum absolute atomic E-state index is 12.5. The second-order valence-electron chi connectivity index (χ2n) is 6.49. The van der Waals surface area contributed by atoms with Crippen molar-refractivity contribution in [2.75, 3.05) is 36.4 Å². The van der Waals surface area contributed by atoms with Crippen LogP contribution in [-0.4, -0.2) is 73.2 Å².